The molecule has 1 aromatic carbocycles. The molecule has 0 radical (unpaired) electrons. The van der Waals surface area contributed by atoms with Gasteiger partial charge < -0.3 is 14.9 Å². The standard InChI is InChI=1S/C12H16O3/c1-9(13)4-3-5-10-6-7-11(14)12(8-10)15-2/h3,5-9,13-14H,4H2,1-2H3/b5-3+. The fraction of sp³-hybridized carbons (Fsp3) is 0.333. The van der Waals surface area contributed by atoms with Gasteiger partial charge in [-0.15, -0.1) is 0 Å². The van der Waals surface area contributed by atoms with Crippen molar-refractivity contribution in [3.8, 4) is 11.5 Å². The lowest BCUT2D eigenvalue weighted by Gasteiger charge is -2.03. The Morgan fingerprint density at radius 1 is 1.47 bits per heavy atom. The number of rotatable bonds is 4. The molecule has 3 nitrogen and oxygen atoms in total. The van der Waals surface area contributed by atoms with Gasteiger partial charge in [0.05, 0.1) is 13.2 Å². The van der Waals surface area contributed by atoms with Crippen molar-refractivity contribution in [1.29, 1.82) is 0 Å². The molecule has 15 heavy (non-hydrogen) atoms. The molecular formula is C12H16O3. The van der Waals surface area contributed by atoms with Crippen LogP contribution in [0.4, 0.5) is 0 Å². The van der Waals surface area contributed by atoms with E-state index in [1.165, 1.54) is 7.11 Å². The quantitative estimate of drug-likeness (QED) is 0.797. The summed E-state index contributed by atoms with van der Waals surface area (Å²) in [5.74, 6) is 0.583. The third-order valence-electron chi connectivity index (χ3n) is 1.99. The van der Waals surface area contributed by atoms with E-state index in [0.717, 1.165) is 5.56 Å². The van der Waals surface area contributed by atoms with E-state index >= 15 is 0 Å². The van der Waals surface area contributed by atoms with Crippen LogP contribution in [0.2, 0.25) is 0 Å². The Hall–Kier alpha value is -1.48. The highest BCUT2D eigenvalue weighted by Crippen LogP contribution is 2.26. The van der Waals surface area contributed by atoms with E-state index in [9.17, 15) is 5.11 Å². The minimum Gasteiger partial charge on any atom is -0.504 e. The average molecular weight is 208 g/mol. The fourth-order valence-electron chi connectivity index (χ4n) is 1.20. The molecule has 1 unspecified atom stereocenters. The Bertz CT molecular complexity index is 343. The minimum absolute atomic E-state index is 0.130. The van der Waals surface area contributed by atoms with Crippen LogP contribution in [-0.4, -0.2) is 23.4 Å². The third kappa shape index (κ3) is 3.64. The first kappa shape index (κ1) is 11.6. The number of methoxy groups -OCH3 is 1. The first-order chi connectivity index (χ1) is 7.13. The Kier molecular flexibility index (Phi) is 4.18. The number of phenols is 1. The summed E-state index contributed by atoms with van der Waals surface area (Å²) in [5, 5.41) is 18.4. The maximum Gasteiger partial charge on any atom is 0.161 e. The Balaban J connectivity index is 2.74. The second-order valence-electron chi connectivity index (χ2n) is 3.42. The summed E-state index contributed by atoms with van der Waals surface area (Å²) in [5.41, 5.74) is 0.935. The lowest BCUT2D eigenvalue weighted by atomic mass is 10.1. The van der Waals surface area contributed by atoms with Gasteiger partial charge in [0.25, 0.3) is 0 Å². The fourth-order valence-corrected chi connectivity index (χ4v) is 1.20. The topological polar surface area (TPSA) is 49.7 Å². The van der Waals surface area contributed by atoms with Gasteiger partial charge in [-0.2, -0.15) is 0 Å². The summed E-state index contributed by atoms with van der Waals surface area (Å²) in [6, 6.07) is 5.12. The van der Waals surface area contributed by atoms with Crippen molar-refractivity contribution in [3.05, 3.63) is 29.8 Å². The van der Waals surface area contributed by atoms with Gasteiger partial charge in [0.15, 0.2) is 11.5 Å². The van der Waals surface area contributed by atoms with Gasteiger partial charge in [-0.05, 0) is 31.0 Å². The normalized spacial score (nSPS) is 13.0. The molecule has 3 heteroatoms. The average Bonchev–Trinajstić information content (AvgIpc) is 2.20. The van der Waals surface area contributed by atoms with E-state index < -0.39 is 0 Å². The van der Waals surface area contributed by atoms with Crippen LogP contribution in [0.25, 0.3) is 6.08 Å². The van der Waals surface area contributed by atoms with Crippen LogP contribution in [0.15, 0.2) is 24.3 Å². The van der Waals surface area contributed by atoms with Gasteiger partial charge in [0, 0.05) is 0 Å². The molecule has 0 bridgehead atoms. The molecule has 0 fully saturated rings. The van der Waals surface area contributed by atoms with Crippen molar-refractivity contribution in [2.75, 3.05) is 7.11 Å². The number of benzene rings is 1. The largest absolute Gasteiger partial charge is 0.504 e. The van der Waals surface area contributed by atoms with Gasteiger partial charge in [0.2, 0.25) is 0 Å². The molecule has 0 heterocycles. The van der Waals surface area contributed by atoms with Crippen LogP contribution in [0.1, 0.15) is 18.9 Å². The van der Waals surface area contributed by atoms with Gasteiger partial charge in [0.1, 0.15) is 0 Å². The van der Waals surface area contributed by atoms with Crippen LogP contribution in [0.3, 0.4) is 0 Å². The van der Waals surface area contributed by atoms with E-state index in [1.807, 2.05) is 12.2 Å². The number of ether oxygens (including phenoxy) is 1. The summed E-state index contributed by atoms with van der Waals surface area (Å²) in [6.07, 6.45) is 4.05. The molecule has 0 saturated heterocycles. The molecule has 0 saturated carbocycles. The van der Waals surface area contributed by atoms with Gasteiger partial charge >= 0.3 is 0 Å². The second-order valence-corrected chi connectivity index (χ2v) is 3.42. The summed E-state index contributed by atoms with van der Waals surface area (Å²) in [7, 11) is 1.51. The molecule has 0 amide bonds. The van der Waals surface area contributed by atoms with Crippen molar-refractivity contribution in [1.82, 2.24) is 0 Å². The minimum atomic E-state index is -0.333. The molecule has 0 spiro atoms. The van der Waals surface area contributed by atoms with E-state index in [4.69, 9.17) is 9.84 Å². The first-order valence-corrected chi connectivity index (χ1v) is 4.85. The van der Waals surface area contributed by atoms with Crippen molar-refractivity contribution >= 4 is 6.08 Å². The molecule has 0 aliphatic rings. The number of aliphatic hydroxyl groups is 1. The van der Waals surface area contributed by atoms with E-state index in [2.05, 4.69) is 0 Å². The predicted molar refractivity (Wildman–Crippen MR) is 60.0 cm³/mol. The third-order valence-corrected chi connectivity index (χ3v) is 1.99. The van der Waals surface area contributed by atoms with Crippen molar-refractivity contribution in [3.63, 3.8) is 0 Å². The maximum atomic E-state index is 9.36. The van der Waals surface area contributed by atoms with Gasteiger partial charge in [-0.1, -0.05) is 18.2 Å². The number of aromatic hydroxyl groups is 1. The van der Waals surface area contributed by atoms with Crippen LogP contribution in [0.5, 0.6) is 11.5 Å². The van der Waals surface area contributed by atoms with E-state index in [0.29, 0.717) is 12.2 Å². The Morgan fingerprint density at radius 2 is 2.20 bits per heavy atom. The summed E-state index contributed by atoms with van der Waals surface area (Å²) in [6.45, 7) is 1.74. The van der Waals surface area contributed by atoms with Gasteiger partial charge in [-0.3, -0.25) is 0 Å². The first-order valence-electron chi connectivity index (χ1n) is 4.85. The van der Waals surface area contributed by atoms with E-state index in [1.54, 1.807) is 25.1 Å². The number of hydrogen-bond donors (Lipinski definition) is 2. The zero-order valence-corrected chi connectivity index (χ0v) is 8.97. The Morgan fingerprint density at radius 3 is 2.80 bits per heavy atom. The zero-order valence-electron chi connectivity index (χ0n) is 8.97. The number of aliphatic hydroxyl groups excluding tert-OH is 1. The van der Waals surface area contributed by atoms with Crippen LogP contribution < -0.4 is 4.74 Å². The predicted octanol–water partition coefficient (Wildman–Crippen LogP) is 2.18. The molecule has 82 valence electrons. The van der Waals surface area contributed by atoms with Crippen LogP contribution in [0, 0.1) is 0 Å². The molecule has 1 aromatic rings. The van der Waals surface area contributed by atoms with Crippen LogP contribution in [-0.2, 0) is 0 Å². The summed E-state index contributed by atoms with van der Waals surface area (Å²) < 4.78 is 4.98. The molecule has 1 rings (SSSR count). The van der Waals surface area contributed by atoms with Crippen molar-refractivity contribution in [2.24, 2.45) is 0 Å². The molecule has 0 aliphatic carbocycles. The van der Waals surface area contributed by atoms with Crippen LogP contribution >= 0.6 is 0 Å². The Labute approximate surface area is 89.6 Å². The monoisotopic (exact) mass is 208 g/mol. The lowest BCUT2D eigenvalue weighted by Crippen LogP contribution is -1.95. The molecule has 0 aliphatic heterocycles. The smallest absolute Gasteiger partial charge is 0.161 e. The highest BCUT2D eigenvalue weighted by molar-refractivity contribution is 5.55. The molecule has 0 aromatic heterocycles. The SMILES string of the molecule is COc1cc(/C=C/CC(C)O)ccc1O. The lowest BCUT2D eigenvalue weighted by molar-refractivity contribution is 0.199. The second kappa shape index (κ2) is 5.41. The zero-order chi connectivity index (χ0) is 11.3. The summed E-state index contributed by atoms with van der Waals surface area (Å²) >= 11 is 0. The number of hydrogen-bond acceptors (Lipinski definition) is 3. The molecule has 1 atom stereocenters. The van der Waals surface area contributed by atoms with E-state index in [-0.39, 0.29) is 11.9 Å². The maximum absolute atomic E-state index is 9.36. The van der Waals surface area contributed by atoms with Crippen molar-refractivity contribution < 1.29 is 14.9 Å². The molecule has 2 N–H and O–H groups in total. The summed E-state index contributed by atoms with van der Waals surface area (Å²) in [4.78, 5) is 0. The highest BCUT2D eigenvalue weighted by Gasteiger charge is 2.00. The highest BCUT2D eigenvalue weighted by atomic mass is 16.5. The molecular weight excluding hydrogens is 192 g/mol. The van der Waals surface area contributed by atoms with Gasteiger partial charge in [-0.25, -0.2) is 0 Å². The number of phenolic OH excluding ortho intramolecular Hbond substituents is 1. The van der Waals surface area contributed by atoms with Crippen molar-refractivity contribution in [2.45, 2.75) is 19.4 Å².